The van der Waals surface area contributed by atoms with Crippen molar-refractivity contribution in [1.82, 2.24) is 9.78 Å². The molecule has 0 unspecified atom stereocenters. The Morgan fingerprint density at radius 2 is 1.56 bits per heavy atom. The molecule has 0 atom stereocenters. The molecule has 4 rings (SSSR count). The standard InChI is InChI=1S/C28H27N3O3/c1-17-6-9-22(10-7-17)28(33)29-27-25(21-11-14-24(34-5)15-12-21)26(32)20(4)30-31(27)23-13-8-18(2)19(3)16-23/h6-16H,1-5H3,(H,29,33). The smallest absolute Gasteiger partial charge is 0.256 e. The number of hydrogen-bond donors (Lipinski definition) is 1. The van der Waals surface area contributed by atoms with E-state index in [1.54, 1.807) is 55.1 Å². The molecule has 1 amide bonds. The summed E-state index contributed by atoms with van der Waals surface area (Å²) in [7, 11) is 1.59. The van der Waals surface area contributed by atoms with Crippen molar-refractivity contribution >= 4 is 11.7 Å². The topological polar surface area (TPSA) is 73.2 Å². The molecule has 0 radical (unpaired) electrons. The number of benzene rings is 3. The largest absolute Gasteiger partial charge is 0.497 e. The van der Waals surface area contributed by atoms with Crippen LogP contribution in [0.15, 0.2) is 71.5 Å². The Hall–Kier alpha value is -4.19. The van der Waals surface area contributed by atoms with Crippen molar-refractivity contribution in [2.75, 3.05) is 12.4 Å². The molecule has 0 bridgehead atoms. The van der Waals surface area contributed by atoms with Crippen LogP contribution in [0.4, 0.5) is 5.82 Å². The summed E-state index contributed by atoms with van der Waals surface area (Å²) < 4.78 is 6.91. The first-order valence-corrected chi connectivity index (χ1v) is 11.0. The lowest BCUT2D eigenvalue weighted by Crippen LogP contribution is -2.25. The summed E-state index contributed by atoms with van der Waals surface area (Å²) >= 11 is 0. The van der Waals surface area contributed by atoms with Gasteiger partial charge in [-0.15, -0.1) is 0 Å². The molecule has 34 heavy (non-hydrogen) atoms. The minimum absolute atomic E-state index is 0.246. The van der Waals surface area contributed by atoms with Crippen molar-refractivity contribution < 1.29 is 9.53 Å². The summed E-state index contributed by atoms with van der Waals surface area (Å²) in [6.07, 6.45) is 0. The molecular weight excluding hydrogens is 426 g/mol. The van der Waals surface area contributed by atoms with Crippen LogP contribution < -0.4 is 15.5 Å². The lowest BCUT2D eigenvalue weighted by molar-refractivity contribution is 0.102. The highest BCUT2D eigenvalue weighted by atomic mass is 16.5. The van der Waals surface area contributed by atoms with Crippen LogP contribution in [0.2, 0.25) is 0 Å². The van der Waals surface area contributed by atoms with Gasteiger partial charge in [-0.05, 0) is 80.8 Å². The van der Waals surface area contributed by atoms with Gasteiger partial charge in [-0.25, -0.2) is 4.68 Å². The van der Waals surface area contributed by atoms with Crippen molar-refractivity contribution in [3.05, 3.63) is 105 Å². The maximum atomic E-state index is 13.4. The molecule has 4 aromatic rings. The van der Waals surface area contributed by atoms with Gasteiger partial charge in [-0.3, -0.25) is 9.59 Å². The Morgan fingerprint density at radius 1 is 0.882 bits per heavy atom. The van der Waals surface area contributed by atoms with E-state index in [0.29, 0.717) is 34.0 Å². The predicted molar refractivity (Wildman–Crippen MR) is 135 cm³/mol. The van der Waals surface area contributed by atoms with Gasteiger partial charge in [-0.1, -0.05) is 35.9 Å². The second kappa shape index (κ2) is 9.35. The molecule has 0 fully saturated rings. The minimum Gasteiger partial charge on any atom is -0.497 e. The van der Waals surface area contributed by atoms with E-state index < -0.39 is 0 Å². The number of aromatic nitrogens is 2. The molecule has 6 nitrogen and oxygen atoms in total. The molecule has 0 aliphatic heterocycles. The number of rotatable bonds is 5. The quantitative estimate of drug-likeness (QED) is 0.439. The fourth-order valence-electron chi connectivity index (χ4n) is 3.71. The zero-order valence-electron chi connectivity index (χ0n) is 20.0. The van der Waals surface area contributed by atoms with Crippen LogP contribution in [0.5, 0.6) is 5.75 Å². The number of aryl methyl sites for hydroxylation is 4. The van der Waals surface area contributed by atoms with E-state index in [4.69, 9.17) is 4.74 Å². The van der Waals surface area contributed by atoms with Crippen LogP contribution in [0, 0.1) is 27.7 Å². The average molecular weight is 454 g/mol. The molecule has 0 aliphatic rings. The van der Waals surface area contributed by atoms with Gasteiger partial charge in [0, 0.05) is 5.56 Å². The first-order chi connectivity index (χ1) is 16.3. The van der Waals surface area contributed by atoms with Gasteiger partial charge in [0.05, 0.1) is 18.4 Å². The molecule has 0 aliphatic carbocycles. The van der Waals surface area contributed by atoms with Crippen molar-refractivity contribution in [3.8, 4) is 22.6 Å². The molecule has 0 saturated heterocycles. The van der Waals surface area contributed by atoms with Crippen molar-refractivity contribution in [3.63, 3.8) is 0 Å². The molecule has 0 spiro atoms. The summed E-state index contributed by atoms with van der Waals surface area (Å²) in [4.78, 5) is 26.6. The molecule has 1 aromatic heterocycles. The Labute approximate surface area is 198 Å². The summed E-state index contributed by atoms with van der Waals surface area (Å²) in [5.41, 5.74) is 5.63. The van der Waals surface area contributed by atoms with E-state index >= 15 is 0 Å². The van der Waals surface area contributed by atoms with Gasteiger partial charge in [0.25, 0.3) is 5.91 Å². The van der Waals surface area contributed by atoms with E-state index in [1.165, 1.54) is 0 Å². The lowest BCUT2D eigenvalue weighted by atomic mass is 10.0. The van der Waals surface area contributed by atoms with Gasteiger partial charge in [0.2, 0.25) is 5.43 Å². The fraction of sp³-hybridized carbons (Fsp3) is 0.179. The molecule has 172 valence electrons. The maximum Gasteiger partial charge on any atom is 0.256 e. The Kier molecular flexibility index (Phi) is 6.32. The van der Waals surface area contributed by atoms with E-state index in [1.807, 2.05) is 51.1 Å². The fourth-order valence-corrected chi connectivity index (χ4v) is 3.71. The summed E-state index contributed by atoms with van der Waals surface area (Å²) in [5.74, 6) is 0.668. The van der Waals surface area contributed by atoms with E-state index in [2.05, 4.69) is 10.4 Å². The van der Waals surface area contributed by atoms with Crippen LogP contribution >= 0.6 is 0 Å². The highest BCUT2D eigenvalue weighted by Gasteiger charge is 2.21. The van der Waals surface area contributed by atoms with Crippen molar-refractivity contribution in [2.45, 2.75) is 27.7 Å². The van der Waals surface area contributed by atoms with Crippen molar-refractivity contribution in [1.29, 1.82) is 0 Å². The van der Waals surface area contributed by atoms with E-state index in [9.17, 15) is 9.59 Å². The second-order valence-electron chi connectivity index (χ2n) is 8.37. The van der Waals surface area contributed by atoms with Gasteiger partial charge >= 0.3 is 0 Å². The highest BCUT2D eigenvalue weighted by Crippen LogP contribution is 2.29. The number of ether oxygens (including phenoxy) is 1. The number of hydrogen-bond acceptors (Lipinski definition) is 4. The number of amides is 1. The van der Waals surface area contributed by atoms with Gasteiger partial charge in [0.1, 0.15) is 17.3 Å². The first-order valence-electron chi connectivity index (χ1n) is 11.0. The normalized spacial score (nSPS) is 10.7. The molecule has 0 saturated carbocycles. The number of anilines is 1. The Morgan fingerprint density at radius 3 is 2.18 bits per heavy atom. The predicted octanol–water partition coefficient (Wildman–Crippen LogP) is 5.39. The Balaban J connectivity index is 1.95. The highest BCUT2D eigenvalue weighted by molar-refractivity contribution is 6.05. The number of carbonyl (C=O) groups is 1. The molecular formula is C28H27N3O3. The van der Waals surface area contributed by atoms with Crippen molar-refractivity contribution in [2.24, 2.45) is 0 Å². The number of carbonyl (C=O) groups excluding carboxylic acids is 1. The molecule has 1 heterocycles. The number of methoxy groups -OCH3 is 1. The molecule has 6 heteroatoms. The molecule has 3 aromatic carbocycles. The van der Waals surface area contributed by atoms with Gasteiger partial charge < -0.3 is 10.1 Å². The van der Waals surface area contributed by atoms with Gasteiger partial charge in [0.15, 0.2) is 0 Å². The zero-order chi connectivity index (χ0) is 24.4. The zero-order valence-corrected chi connectivity index (χ0v) is 20.0. The van der Waals surface area contributed by atoms with Crippen LogP contribution in [0.25, 0.3) is 16.8 Å². The average Bonchev–Trinajstić information content (AvgIpc) is 2.84. The van der Waals surface area contributed by atoms with E-state index in [0.717, 1.165) is 22.4 Å². The number of nitrogens with one attached hydrogen (secondary N) is 1. The number of nitrogens with zero attached hydrogens (tertiary/aromatic N) is 2. The third kappa shape index (κ3) is 4.48. The summed E-state index contributed by atoms with van der Waals surface area (Å²) in [5, 5.41) is 7.53. The lowest BCUT2D eigenvalue weighted by Gasteiger charge is -2.19. The third-order valence-corrected chi connectivity index (χ3v) is 5.91. The third-order valence-electron chi connectivity index (χ3n) is 5.91. The first kappa shape index (κ1) is 23.0. The maximum absolute atomic E-state index is 13.4. The Bertz CT molecular complexity index is 1420. The SMILES string of the molecule is COc1ccc(-c2c(NC(=O)c3ccc(C)cc3)n(-c3ccc(C)c(C)c3)nc(C)c2=O)cc1. The van der Waals surface area contributed by atoms with Crippen LogP contribution in [0.1, 0.15) is 32.7 Å². The summed E-state index contributed by atoms with van der Waals surface area (Å²) in [6, 6.07) is 20.4. The van der Waals surface area contributed by atoms with Gasteiger partial charge in [-0.2, -0.15) is 5.10 Å². The second-order valence-corrected chi connectivity index (χ2v) is 8.37. The monoisotopic (exact) mass is 453 g/mol. The van der Waals surface area contributed by atoms with E-state index in [-0.39, 0.29) is 11.3 Å². The summed E-state index contributed by atoms with van der Waals surface area (Å²) in [6.45, 7) is 7.69. The van der Waals surface area contributed by atoms with Crippen LogP contribution in [-0.2, 0) is 0 Å². The molecule has 1 N–H and O–H groups in total. The van der Waals surface area contributed by atoms with Crippen LogP contribution in [0.3, 0.4) is 0 Å². The van der Waals surface area contributed by atoms with Crippen LogP contribution in [-0.4, -0.2) is 22.8 Å². The minimum atomic E-state index is -0.322.